The van der Waals surface area contributed by atoms with Gasteiger partial charge in [-0.1, -0.05) is 19.6 Å². The van der Waals surface area contributed by atoms with Crippen LogP contribution in [0.2, 0.25) is 25.7 Å². The molecule has 4 rings (SSSR count). The van der Waals surface area contributed by atoms with Crippen molar-refractivity contribution in [1.82, 2.24) is 19.5 Å². The van der Waals surface area contributed by atoms with Crippen molar-refractivity contribution in [2.24, 2.45) is 0 Å². The molecule has 0 spiro atoms. The summed E-state index contributed by atoms with van der Waals surface area (Å²) in [4.78, 5) is 13.3. The van der Waals surface area contributed by atoms with Crippen molar-refractivity contribution in [3.8, 4) is 11.5 Å². The van der Waals surface area contributed by atoms with E-state index in [2.05, 4.69) is 39.2 Å². The maximum Gasteiger partial charge on any atom is 0.129 e. The number of hydrogen-bond donors (Lipinski definition) is 0. The van der Waals surface area contributed by atoms with Crippen molar-refractivity contribution in [1.29, 1.82) is 0 Å². The Morgan fingerprint density at radius 2 is 1.59 bits per heavy atom. The monoisotopic (exact) mass is 406 g/mol. The number of benzene rings is 2. The zero-order chi connectivity index (χ0) is 20.4. The van der Waals surface area contributed by atoms with Gasteiger partial charge in [-0.05, 0) is 37.2 Å². The summed E-state index contributed by atoms with van der Waals surface area (Å²) in [7, 11) is -1.10. The van der Waals surface area contributed by atoms with Crippen molar-refractivity contribution in [2.75, 3.05) is 6.61 Å². The van der Waals surface area contributed by atoms with Gasteiger partial charge < -0.3 is 14.0 Å². The third-order valence-corrected chi connectivity index (χ3v) is 6.51. The molecule has 0 saturated carbocycles. The molecule has 2 heterocycles. The van der Waals surface area contributed by atoms with Gasteiger partial charge >= 0.3 is 0 Å². The van der Waals surface area contributed by atoms with E-state index in [-0.39, 0.29) is 0 Å². The van der Waals surface area contributed by atoms with Gasteiger partial charge in [0.25, 0.3) is 0 Å². The number of rotatable bonds is 7. The smallest absolute Gasteiger partial charge is 0.129 e. The molecule has 0 bridgehead atoms. The van der Waals surface area contributed by atoms with Crippen LogP contribution in [0.3, 0.4) is 0 Å². The number of ether oxygens (including phenoxy) is 2. The van der Waals surface area contributed by atoms with Crippen molar-refractivity contribution in [3.63, 3.8) is 0 Å². The Morgan fingerprint density at radius 1 is 0.897 bits per heavy atom. The fraction of sp³-hybridized carbons (Fsp3) is 0.318. The van der Waals surface area contributed by atoms with Gasteiger partial charge in [0.05, 0.1) is 22.1 Å². The lowest BCUT2D eigenvalue weighted by atomic mass is 10.2. The average Bonchev–Trinajstić information content (AvgIpc) is 2.99. The van der Waals surface area contributed by atoms with Crippen LogP contribution in [0.1, 0.15) is 5.82 Å². The summed E-state index contributed by atoms with van der Waals surface area (Å²) in [6, 6.07) is 12.8. The molecule has 29 heavy (non-hydrogen) atoms. The number of aryl methyl sites for hydroxylation is 1. The third kappa shape index (κ3) is 4.63. The molecule has 0 unspecified atom stereocenters. The molecule has 0 radical (unpaired) electrons. The summed E-state index contributed by atoms with van der Waals surface area (Å²) in [5.41, 5.74) is 3.60. The summed E-state index contributed by atoms with van der Waals surface area (Å²) >= 11 is 0. The Labute approximate surface area is 171 Å². The van der Waals surface area contributed by atoms with E-state index in [9.17, 15) is 0 Å². The Bertz CT molecular complexity index is 1150. The maximum absolute atomic E-state index is 6.09. The second-order valence-corrected chi connectivity index (χ2v) is 14.0. The van der Waals surface area contributed by atoms with E-state index < -0.39 is 8.07 Å². The van der Waals surface area contributed by atoms with Crippen LogP contribution >= 0.6 is 0 Å². The molecule has 0 aliphatic heterocycles. The van der Waals surface area contributed by atoms with Gasteiger partial charge in [-0.2, -0.15) is 0 Å². The molecule has 0 saturated heterocycles. The molecule has 0 N–H and O–H groups in total. The van der Waals surface area contributed by atoms with E-state index in [4.69, 9.17) is 9.47 Å². The minimum absolute atomic E-state index is 0.502. The highest BCUT2D eigenvalue weighted by Gasteiger charge is 2.13. The minimum Gasteiger partial charge on any atom is -0.457 e. The SMILES string of the molecule is Cc1nc2ccc(Oc3ccc4nccnc4c3)cc2n1COCC[Si](C)(C)C. The number of aromatic nitrogens is 4. The first-order valence-electron chi connectivity index (χ1n) is 9.82. The van der Waals surface area contributed by atoms with E-state index in [0.717, 1.165) is 52.0 Å². The first-order chi connectivity index (χ1) is 13.9. The lowest BCUT2D eigenvalue weighted by molar-refractivity contribution is 0.0885. The first kappa shape index (κ1) is 19.5. The lowest BCUT2D eigenvalue weighted by Gasteiger charge is -2.16. The predicted octanol–water partition coefficient (Wildman–Crippen LogP) is 5.39. The fourth-order valence-electron chi connectivity index (χ4n) is 3.13. The van der Waals surface area contributed by atoms with E-state index in [0.29, 0.717) is 6.73 Å². The molecule has 0 aliphatic carbocycles. The standard InChI is InChI=1S/C22H26N4O2Si/c1-16-25-20-8-6-18(14-22(20)26(16)15-27-11-12-29(2,3)4)28-17-5-7-19-21(13-17)24-10-9-23-19/h5-10,13-14H,11-12,15H2,1-4H3. The van der Waals surface area contributed by atoms with E-state index in [1.807, 2.05) is 43.3 Å². The zero-order valence-corrected chi connectivity index (χ0v) is 18.3. The quantitative estimate of drug-likeness (QED) is 0.304. The molecule has 0 amide bonds. The summed E-state index contributed by atoms with van der Waals surface area (Å²) in [5, 5.41) is 0. The van der Waals surface area contributed by atoms with Crippen LogP contribution < -0.4 is 4.74 Å². The normalized spacial score (nSPS) is 12.0. The Kier molecular flexibility index (Phi) is 5.34. The van der Waals surface area contributed by atoms with Crippen LogP contribution in [0.25, 0.3) is 22.1 Å². The summed E-state index contributed by atoms with van der Waals surface area (Å²) in [6.07, 6.45) is 3.37. The molecule has 0 atom stereocenters. The molecule has 2 aromatic carbocycles. The van der Waals surface area contributed by atoms with Gasteiger partial charge in [-0.25, -0.2) is 4.98 Å². The zero-order valence-electron chi connectivity index (χ0n) is 17.3. The van der Waals surface area contributed by atoms with E-state index in [1.165, 1.54) is 0 Å². The Hall–Kier alpha value is -2.77. The highest BCUT2D eigenvalue weighted by atomic mass is 28.3. The molecular formula is C22H26N4O2Si. The predicted molar refractivity (Wildman–Crippen MR) is 118 cm³/mol. The second-order valence-electron chi connectivity index (χ2n) is 8.39. The molecule has 6 nitrogen and oxygen atoms in total. The van der Waals surface area contributed by atoms with Gasteiger partial charge in [0, 0.05) is 39.2 Å². The molecule has 7 heteroatoms. The van der Waals surface area contributed by atoms with Gasteiger partial charge in [-0.15, -0.1) is 0 Å². The Balaban J connectivity index is 1.54. The molecule has 4 aromatic rings. The largest absolute Gasteiger partial charge is 0.457 e. The third-order valence-electron chi connectivity index (χ3n) is 4.80. The van der Waals surface area contributed by atoms with Crippen molar-refractivity contribution in [3.05, 3.63) is 54.6 Å². The molecule has 2 aromatic heterocycles. The van der Waals surface area contributed by atoms with Crippen LogP contribution in [-0.2, 0) is 11.5 Å². The Morgan fingerprint density at radius 3 is 2.34 bits per heavy atom. The number of imidazole rings is 1. The van der Waals surface area contributed by atoms with Crippen LogP contribution in [0.5, 0.6) is 11.5 Å². The van der Waals surface area contributed by atoms with Gasteiger partial charge in [0.1, 0.15) is 24.1 Å². The van der Waals surface area contributed by atoms with Crippen LogP contribution in [-0.4, -0.2) is 34.2 Å². The molecule has 0 aliphatic rings. The van der Waals surface area contributed by atoms with E-state index >= 15 is 0 Å². The molecular weight excluding hydrogens is 380 g/mol. The number of nitrogens with zero attached hydrogens (tertiary/aromatic N) is 4. The highest BCUT2D eigenvalue weighted by molar-refractivity contribution is 6.76. The van der Waals surface area contributed by atoms with Crippen molar-refractivity contribution in [2.45, 2.75) is 39.3 Å². The van der Waals surface area contributed by atoms with Crippen molar-refractivity contribution < 1.29 is 9.47 Å². The van der Waals surface area contributed by atoms with Crippen LogP contribution in [0.15, 0.2) is 48.8 Å². The second kappa shape index (κ2) is 7.92. The molecule has 150 valence electrons. The summed E-state index contributed by atoms with van der Waals surface area (Å²) in [6.45, 7) is 10.4. The van der Waals surface area contributed by atoms with Crippen LogP contribution in [0.4, 0.5) is 0 Å². The summed E-state index contributed by atoms with van der Waals surface area (Å²) < 4.78 is 14.1. The summed E-state index contributed by atoms with van der Waals surface area (Å²) in [5.74, 6) is 2.42. The molecule has 0 fully saturated rings. The fourth-order valence-corrected chi connectivity index (χ4v) is 3.88. The van der Waals surface area contributed by atoms with Gasteiger partial charge in [0.2, 0.25) is 0 Å². The van der Waals surface area contributed by atoms with Crippen molar-refractivity contribution >= 4 is 30.1 Å². The number of fused-ring (bicyclic) bond motifs is 2. The van der Waals surface area contributed by atoms with Gasteiger partial charge in [-0.3, -0.25) is 9.97 Å². The van der Waals surface area contributed by atoms with E-state index in [1.54, 1.807) is 12.4 Å². The lowest BCUT2D eigenvalue weighted by Crippen LogP contribution is -2.22. The highest BCUT2D eigenvalue weighted by Crippen LogP contribution is 2.28. The maximum atomic E-state index is 6.09. The topological polar surface area (TPSA) is 62.1 Å². The average molecular weight is 407 g/mol. The first-order valence-corrected chi connectivity index (χ1v) is 13.5. The minimum atomic E-state index is -1.10. The van der Waals surface area contributed by atoms with Gasteiger partial charge in [0.15, 0.2) is 0 Å². The number of hydrogen-bond acceptors (Lipinski definition) is 5. The van der Waals surface area contributed by atoms with Crippen LogP contribution in [0, 0.1) is 6.92 Å².